The number of thiophene rings is 1. The fourth-order valence-corrected chi connectivity index (χ4v) is 3.71. The van der Waals surface area contributed by atoms with Gasteiger partial charge in [0, 0.05) is 5.69 Å². The molecule has 0 spiro atoms. The van der Waals surface area contributed by atoms with Gasteiger partial charge in [0.05, 0.1) is 4.88 Å². The van der Waals surface area contributed by atoms with Gasteiger partial charge in [0.15, 0.2) is 10.6 Å². The van der Waals surface area contributed by atoms with Crippen LogP contribution in [0, 0.1) is 4.77 Å². The summed E-state index contributed by atoms with van der Waals surface area (Å²) in [5, 5.41) is 12.1. The Balaban J connectivity index is 1.90. The highest BCUT2D eigenvalue weighted by molar-refractivity contribution is 7.71. The lowest BCUT2D eigenvalue weighted by Crippen LogP contribution is -2.25. The summed E-state index contributed by atoms with van der Waals surface area (Å²) in [5.41, 5.74) is 1.94. The Bertz CT molecular complexity index is 925. The van der Waals surface area contributed by atoms with Crippen molar-refractivity contribution < 1.29 is 4.79 Å². The molecule has 0 saturated heterocycles. The number of hydrogen-bond acceptors (Lipinski definition) is 4. The lowest BCUT2D eigenvalue weighted by atomic mass is 10.0. The van der Waals surface area contributed by atoms with Crippen LogP contribution in [0.1, 0.15) is 38.3 Å². The molecular formula is C18H20N4OS2. The molecular weight excluding hydrogens is 352 g/mol. The molecule has 3 rings (SSSR count). The molecule has 3 aromatic rings. The number of anilines is 1. The van der Waals surface area contributed by atoms with Crippen LogP contribution in [0.25, 0.3) is 10.7 Å². The van der Waals surface area contributed by atoms with Crippen LogP contribution in [-0.2, 0) is 4.79 Å². The summed E-state index contributed by atoms with van der Waals surface area (Å²) in [4.78, 5) is 13.8. The highest BCUT2D eigenvalue weighted by Crippen LogP contribution is 2.27. The van der Waals surface area contributed by atoms with Crippen molar-refractivity contribution in [3.8, 4) is 10.7 Å². The largest absolute Gasteiger partial charge is 0.324 e. The molecule has 25 heavy (non-hydrogen) atoms. The van der Waals surface area contributed by atoms with E-state index in [1.54, 1.807) is 15.9 Å². The Morgan fingerprint density at radius 1 is 1.24 bits per heavy atom. The molecule has 5 nitrogen and oxygen atoms in total. The van der Waals surface area contributed by atoms with E-state index in [0.717, 1.165) is 16.1 Å². The Morgan fingerprint density at radius 3 is 2.68 bits per heavy atom. The first-order valence-electron chi connectivity index (χ1n) is 8.09. The summed E-state index contributed by atoms with van der Waals surface area (Å²) in [7, 11) is 0. The van der Waals surface area contributed by atoms with E-state index < -0.39 is 6.04 Å². The van der Waals surface area contributed by atoms with Gasteiger partial charge in [0.2, 0.25) is 5.91 Å². The first-order valence-corrected chi connectivity index (χ1v) is 9.38. The number of nitrogens with zero attached hydrogens (tertiary/aromatic N) is 2. The molecule has 2 aromatic heterocycles. The third kappa shape index (κ3) is 3.57. The maximum absolute atomic E-state index is 12.8. The minimum Gasteiger partial charge on any atom is -0.324 e. The number of H-pyrrole nitrogens is 1. The minimum absolute atomic E-state index is 0.122. The molecule has 7 heteroatoms. The number of amides is 1. The molecule has 0 aliphatic heterocycles. The van der Waals surface area contributed by atoms with Crippen LogP contribution in [0.15, 0.2) is 41.8 Å². The number of carbonyl (C=O) groups is 1. The minimum atomic E-state index is -0.483. The molecule has 2 N–H and O–H groups in total. The van der Waals surface area contributed by atoms with Gasteiger partial charge >= 0.3 is 0 Å². The lowest BCUT2D eigenvalue weighted by molar-refractivity contribution is -0.118. The van der Waals surface area contributed by atoms with Gasteiger partial charge in [-0.3, -0.25) is 14.5 Å². The van der Waals surface area contributed by atoms with Crippen LogP contribution in [0.2, 0.25) is 0 Å². The normalized spacial score (nSPS) is 12.3. The van der Waals surface area contributed by atoms with Crippen LogP contribution >= 0.6 is 23.6 Å². The summed E-state index contributed by atoms with van der Waals surface area (Å²) in [6.07, 6.45) is 0. The Hall–Kier alpha value is -2.25. The maximum Gasteiger partial charge on any atom is 0.247 e. The fourth-order valence-electron chi connectivity index (χ4n) is 2.71. The third-order valence-corrected chi connectivity index (χ3v) is 5.21. The molecule has 0 radical (unpaired) electrons. The number of carbonyl (C=O) groups excluding carboxylic acids is 1. The number of hydrogen-bond donors (Lipinski definition) is 2. The number of nitrogens with one attached hydrogen (secondary N) is 2. The molecule has 130 valence electrons. The predicted molar refractivity (Wildman–Crippen MR) is 105 cm³/mol. The van der Waals surface area contributed by atoms with Crippen molar-refractivity contribution in [2.24, 2.45) is 0 Å². The van der Waals surface area contributed by atoms with Crippen LogP contribution in [0.4, 0.5) is 5.69 Å². The summed E-state index contributed by atoms with van der Waals surface area (Å²) in [5.74, 6) is 0.882. The van der Waals surface area contributed by atoms with E-state index in [9.17, 15) is 4.79 Å². The van der Waals surface area contributed by atoms with Crippen LogP contribution in [0.5, 0.6) is 0 Å². The SMILES string of the molecule is CC(C)c1ccccc1NC(=O)C(C)n1c(-c2cccs2)n[nH]c1=S. The molecule has 0 aliphatic carbocycles. The molecule has 2 heterocycles. The van der Waals surface area contributed by atoms with Crippen molar-refractivity contribution in [1.29, 1.82) is 0 Å². The van der Waals surface area contributed by atoms with E-state index in [-0.39, 0.29) is 5.91 Å². The molecule has 0 fully saturated rings. The van der Waals surface area contributed by atoms with Crippen molar-refractivity contribution >= 4 is 35.1 Å². The highest BCUT2D eigenvalue weighted by atomic mass is 32.1. The van der Waals surface area contributed by atoms with E-state index in [1.807, 2.05) is 48.7 Å². The van der Waals surface area contributed by atoms with Gasteiger partial charge in [-0.25, -0.2) is 0 Å². The van der Waals surface area contributed by atoms with E-state index in [0.29, 0.717) is 16.5 Å². The number of rotatable bonds is 5. The maximum atomic E-state index is 12.8. The predicted octanol–water partition coefficient (Wildman–Crippen LogP) is 4.99. The molecule has 0 saturated carbocycles. The van der Waals surface area contributed by atoms with E-state index in [2.05, 4.69) is 29.4 Å². The fraction of sp³-hybridized carbons (Fsp3) is 0.278. The van der Waals surface area contributed by atoms with Crippen molar-refractivity contribution in [3.63, 3.8) is 0 Å². The molecule has 1 amide bonds. The molecule has 0 aliphatic rings. The van der Waals surface area contributed by atoms with Gasteiger partial charge in [-0.2, -0.15) is 5.10 Å². The standard InChI is InChI=1S/C18H20N4OS2/c1-11(2)13-7-4-5-8-14(13)19-17(23)12(3)22-16(20-21-18(22)24)15-9-6-10-25-15/h4-12H,1-3H3,(H,19,23)(H,21,24). The summed E-state index contributed by atoms with van der Waals surface area (Å²) in [6.45, 7) is 6.04. The van der Waals surface area contributed by atoms with Gasteiger partial charge in [-0.1, -0.05) is 38.1 Å². The van der Waals surface area contributed by atoms with Crippen molar-refractivity contribution in [3.05, 3.63) is 52.1 Å². The topological polar surface area (TPSA) is 62.7 Å². The van der Waals surface area contributed by atoms with E-state index >= 15 is 0 Å². The van der Waals surface area contributed by atoms with Crippen molar-refractivity contribution in [2.75, 3.05) is 5.32 Å². The first-order chi connectivity index (χ1) is 12.0. The Morgan fingerprint density at radius 2 is 2.00 bits per heavy atom. The summed E-state index contributed by atoms with van der Waals surface area (Å²) >= 11 is 6.91. The molecule has 1 atom stereocenters. The zero-order valence-electron chi connectivity index (χ0n) is 14.3. The average molecular weight is 373 g/mol. The third-order valence-electron chi connectivity index (χ3n) is 4.05. The molecule has 0 bridgehead atoms. The van der Waals surface area contributed by atoms with Crippen molar-refractivity contribution in [1.82, 2.24) is 14.8 Å². The second-order valence-electron chi connectivity index (χ2n) is 6.11. The van der Waals surface area contributed by atoms with Gasteiger partial charge in [0.1, 0.15) is 6.04 Å². The van der Waals surface area contributed by atoms with Crippen LogP contribution < -0.4 is 5.32 Å². The highest BCUT2D eigenvalue weighted by Gasteiger charge is 2.22. The Kier molecular flexibility index (Phi) is 5.15. The summed E-state index contributed by atoms with van der Waals surface area (Å²) in [6, 6.07) is 11.3. The van der Waals surface area contributed by atoms with Crippen molar-refractivity contribution in [2.45, 2.75) is 32.7 Å². The van der Waals surface area contributed by atoms with E-state index in [1.165, 1.54) is 0 Å². The van der Waals surface area contributed by atoms with Gasteiger partial charge < -0.3 is 5.32 Å². The summed E-state index contributed by atoms with van der Waals surface area (Å²) < 4.78 is 2.19. The molecule has 1 unspecified atom stereocenters. The van der Waals surface area contributed by atoms with E-state index in [4.69, 9.17) is 12.2 Å². The van der Waals surface area contributed by atoms with Crippen LogP contribution in [0.3, 0.4) is 0 Å². The monoisotopic (exact) mass is 372 g/mol. The average Bonchev–Trinajstić information content (AvgIpc) is 3.23. The number of aromatic amines is 1. The quantitative estimate of drug-likeness (QED) is 0.620. The van der Waals surface area contributed by atoms with Gasteiger partial charge in [-0.15, -0.1) is 11.3 Å². The number of aromatic nitrogens is 3. The smallest absolute Gasteiger partial charge is 0.247 e. The zero-order chi connectivity index (χ0) is 18.0. The number of para-hydroxylation sites is 1. The Labute approximate surface area is 155 Å². The zero-order valence-corrected chi connectivity index (χ0v) is 15.9. The first kappa shape index (κ1) is 17.6. The second kappa shape index (κ2) is 7.33. The lowest BCUT2D eigenvalue weighted by Gasteiger charge is -2.18. The van der Waals surface area contributed by atoms with Crippen LogP contribution in [-0.4, -0.2) is 20.7 Å². The molecule has 1 aromatic carbocycles. The van der Waals surface area contributed by atoms with Gasteiger partial charge in [-0.05, 0) is 48.1 Å². The second-order valence-corrected chi connectivity index (χ2v) is 7.44. The van der Waals surface area contributed by atoms with Gasteiger partial charge in [0.25, 0.3) is 0 Å². The number of benzene rings is 1.